The second-order valence-corrected chi connectivity index (χ2v) is 8.36. The fraction of sp³-hybridized carbons (Fsp3) is 0.619. The molecule has 0 bridgehead atoms. The van der Waals surface area contributed by atoms with E-state index in [0.29, 0.717) is 5.75 Å². The summed E-state index contributed by atoms with van der Waals surface area (Å²) in [7, 11) is 0. The van der Waals surface area contributed by atoms with Crippen LogP contribution in [0.1, 0.15) is 90.8 Å². The van der Waals surface area contributed by atoms with Gasteiger partial charge in [0.25, 0.3) is 0 Å². The highest BCUT2D eigenvalue weighted by molar-refractivity contribution is 5.59. The van der Waals surface area contributed by atoms with Crippen LogP contribution in [0.15, 0.2) is 18.2 Å². The van der Waals surface area contributed by atoms with Crippen molar-refractivity contribution in [2.75, 3.05) is 0 Å². The Morgan fingerprint density at radius 2 is 1.41 bits per heavy atom. The lowest BCUT2D eigenvalue weighted by atomic mass is 9.78. The Balaban J connectivity index is 3.19. The molecule has 0 aliphatic carbocycles. The topological polar surface area (TPSA) is 20.2 Å². The second-order valence-electron chi connectivity index (χ2n) is 8.36. The Morgan fingerprint density at radius 3 is 1.82 bits per heavy atom. The number of phenols is 1. The van der Waals surface area contributed by atoms with Gasteiger partial charge >= 0.3 is 0 Å². The number of benzene rings is 1. The molecule has 0 aromatic heterocycles. The van der Waals surface area contributed by atoms with E-state index in [4.69, 9.17) is 0 Å². The van der Waals surface area contributed by atoms with Crippen molar-refractivity contribution < 1.29 is 5.11 Å². The molecule has 0 heterocycles. The Morgan fingerprint density at radius 1 is 0.909 bits per heavy atom. The highest BCUT2D eigenvalue weighted by Crippen LogP contribution is 2.40. The third kappa shape index (κ3) is 5.19. The van der Waals surface area contributed by atoms with Crippen molar-refractivity contribution in [2.24, 2.45) is 0 Å². The predicted octanol–water partition coefficient (Wildman–Crippen LogP) is 6.58. The summed E-state index contributed by atoms with van der Waals surface area (Å²) in [6.45, 7) is 15.2. The largest absolute Gasteiger partial charge is 0.507 e. The summed E-state index contributed by atoms with van der Waals surface area (Å²) in [5, 5.41) is 10.7. The highest BCUT2D eigenvalue weighted by atomic mass is 16.3. The van der Waals surface area contributed by atoms with Crippen LogP contribution in [0, 0.1) is 0 Å². The Labute approximate surface area is 137 Å². The van der Waals surface area contributed by atoms with E-state index in [1.807, 2.05) is 0 Å². The van der Waals surface area contributed by atoms with Gasteiger partial charge in [-0.15, -0.1) is 0 Å². The average Bonchev–Trinajstić information content (AvgIpc) is 2.37. The van der Waals surface area contributed by atoms with Gasteiger partial charge in [-0.25, -0.2) is 0 Å². The zero-order chi connectivity index (χ0) is 17.0. The first-order valence-corrected chi connectivity index (χ1v) is 8.62. The summed E-state index contributed by atoms with van der Waals surface area (Å²) in [6, 6.07) is 4.28. The minimum atomic E-state index is -0.0594. The number of allylic oxidation sites excluding steroid dienone is 1. The minimum absolute atomic E-state index is 0.0594. The van der Waals surface area contributed by atoms with E-state index in [-0.39, 0.29) is 10.8 Å². The zero-order valence-corrected chi connectivity index (χ0v) is 15.6. The molecule has 1 nitrogen and oxygen atoms in total. The molecule has 1 rings (SSSR count). The molecular weight excluding hydrogens is 268 g/mol. The molecule has 0 unspecified atom stereocenters. The molecule has 0 aliphatic rings. The van der Waals surface area contributed by atoms with Gasteiger partial charge in [0.15, 0.2) is 0 Å². The Kier molecular flexibility index (Phi) is 6.28. The summed E-state index contributed by atoms with van der Waals surface area (Å²) in [5.41, 5.74) is 3.15. The summed E-state index contributed by atoms with van der Waals surface area (Å²) >= 11 is 0. The van der Waals surface area contributed by atoms with E-state index in [2.05, 4.69) is 72.8 Å². The smallest absolute Gasteiger partial charge is 0.123 e. The fourth-order valence-electron chi connectivity index (χ4n) is 2.63. The van der Waals surface area contributed by atoms with Gasteiger partial charge in [-0.2, -0.15) is 0 Å². The molecule has 0 fully saturated rings. The van der Waals surface area contributed by atoms with Crippen molar-refractivity contribution in [3.63, 3.8) is 0 Å². The zero-order valence-electron chi connectivity index (χ0n) is 15.6. The molecule has 0 radical (unpaired) electrons. The highest BCUT2D eigenvalue weighted by Gasteiger charge is 2.26. The third-order valence-electron chi connectivity index (χ3n) is 4.03. The average molecular weight is 303 g/mol. The molecule has 0 saturated carbocycles. The van der Waals surface area contributed by atoms with E-state index in [9.17, 15) is 5.11 Å². The van der Waals surface area contributed by atoms with Gasteiger partial charge in [0.1, 0.15) is 5.75 Å². The van der Waals surface area contributed by atoms with Crippen molar-refractivity contribution in [2.45, 2.75) is 85.0 Å². The standard InChI is InChI=1S/C21H34O/c1-8-9-10-11-12-13-16-14-17(20(2,3)4)19(22)18(15-16)21(5,6)7/h12-15,22H,8-11H2,1-7H3. The number of unbranched alkanes of at least 4 members (excludes halogenated alkanes) is 3. The van der Waals surface area contributed by atoms with Crippen LogP contribution in [0.2, 0.25) is 0 Å². The first-order valence-electron chi connectivity index (χ1n) is 8.62. The van der Waals surface area contributed by atoms with Crippen LogP contribution < -0.4 is 0 Å². The lowest BCUT2D eigenvalue weighted by molar-refractivity contribution is 0.423. The molecule has 22 heavy (non-hydrogen) atoms. The fourth-order valence-corrected chi connectivity index (χ4v) is 2.63. The van der Waals surface area contributed by atoms with Gasteiger partial charge in [0.05, 0.1) is 0 Å². The molecular formula is C21H34O. The quantitative estimate of drug-likeness (QED) is 0.609. The molecule has 0 spiro atoms. The first kappa shape index (κ1) is 18.8. The normalized spacial score (nSPS) is 13.0. The van der Waals surface area contributed by atoms with Crippen molar-refractivity contribution in [1.82, 2.24) is 0 Å². The molecule has 1 N–H and O–H groups in total. The van der Waals surface area contributed by atoms with Crippen molar-refractivity contribution in [1.29, 1.82) is 0 Å². The number of aromatic hydroxyl groups is 1. The van der Waals surface area contributed by atoms with Crippen LogP contribution in [-0.4, -0.2) is 5.11 Å². The molecule has 124 valence electrons. The Bertz CT molecular complexity index is 475. The van der Waals surface area contributed by atoms with Gasteiger partial charge in [-0.05, 0) is 41.4 Å². The van der Waals surface area contributed by atoms with Crippen molar-refractivity contribution in [3.05, 3.63) is 34.9 Å². The van der Waals surface area contributed by atoms with Gasteiger partial charge in [-0.1, -0.05) is 73.5 Å². The van der Waals surface area contributed by atoms with Gasteiger partial charge in [0.2, 0.25) is 0 Å². The van der Waals surface area contributed by atoms with Crippen LogP contribution in [0.25, 0.3) is 6.08 Å². The minimum Gasteiger partial charge on any atom is -0.507 e. The third-order valence-corrected chi connectivity index (χ3v) is 4.03. The van der Waals surface area contributed by atoms with Gasteiger partial charge in [0, 0.05) is 11.1 Å². The SMILES string of the molecule is CCCCCC=Cc1cc(C(C)(C)C)c(O)c(C(C)(C)C)c1. The predicted molar refractivity (Wildman–Crippen MR) is 98.7 cm³/mol. The van der Waals surface area contributed by atoms with Crippen LogP contribution in [0.3, 0.4) is 0 Å². The van der Waals surface area contributed by atoms with E-state index in [1.54, 1.807) is 0 Å². The van der Waals surface area contributed by atoms with E-state index in [0.717, 1.165) is 17.5 Å². The lowest BCUT2D eigenvalue weighted by Gasteiger charge is -2.27. The van der Waals surface area contributed by atoms with E-state index >= 15 is 0 Å². The Hall–Kier alpha value is -1.24. The molecule has 0 amide bonds. The lowest BCUT2D eigenvalue weighted by Crippen LogP contribution is -2.17. The molecule has 1 aromatic rings. The van der Waals surface area contributed by atoms with Crippen molar-refractivity contribution >= 4 is 6.08 Å². The maximum Gasteiger partial charge on any atom is 0.123 e. The monoisotopic (exact) mass is 302 g/mol. The number of phenolic OH excluding ortho intramolecular Hbond substituents is 1. The molecule has 0 saturated heterocycles. The summed E-state index contributed by atoms with van der Waals surface area (Å²) in [4.78, 5) is 0. The maximum atomic E-state index is 10.7. The molecule has 0 aliphatic heterocycles. The van der Waals surface area contributed by atoms with Crippen LogP contribution in [0.5, 0.6) is 5.75 Å². The summed E-state index contributed by atoms with van der Waals surface area (Å²) in [6.07, 6.45) is 9.41. The summed E-state index contributed by atoms with van der Waals surface area (Å²) < 4.78 is 0. The number of hydrogen-bond donors (Lipinski definition) is 1. The number of rotatable bonds is 5. The van der Waals surface area contributed by atoms with Gasteiger partial charge in [-0.3, -0.25) is 0 Å². The van der Waals surface area contributed by atoms with Crippen LogP contribution >= 0.6 is 0 Å². The van der Waals surface area contributed by atoms with E-state index in [1.165, 1.54) is 24.8 Å². The molecule has 1 heteroatoms. The number of hydrogen-bond acceptors (Lipinski definition) is 1. The maximum absolute atomic E-state index is 10.7. The van der Waals surface area contributed by atoms with Crippen LogP contribution in [-0.2, 0) is 10.8 Å². The van der Waals surface area contributed by atoms with Gasteiger partial charge < -0.3 is 5.11 Å². The summed E-state index contributed by atoms with van der Waals surface area (Å²) in [5.74, 6) is 0.461. The molecule has 0 atom stereocenters. The first-order chi connectivity index (χ1) is 10.1. The van der Waals surface area contributed by atoms with Crippen LogP contribution in [0.4, 0.5) is 0 Å². The van der Waals surface area contributed by atoms with E-state index < -0.39 is 0 Å². The van der Waals surface area contributed by atoms with Crippen molar-refractivity contribution in [3.8, 4) is 5.75 Å². The molecule has 1 aromatic carbocycles. The second kappa shape index (κ2) is 7.35.